The summed E-state index contributed by atoms with van der Waals surface area (Å²) >= 11 is 0. The Balaban J connectivity index is -0.000000142. The number of aliphatic hydroxyl groups excluding tert-OH is 1. The Morgan fingerprint density at radius 2 is 1.37 bits per heavy atom. The van der Waals surface area contributed by atoms with Gasteiger partial charge in [-0.3, -0.25) is 9.59 Å². The van der Waals surface area contributed by atoms with Crippen molar-refractivity contribution in [1.82, 2.24) is 20.0 Å². The number of aliphatic hydroxyl groups is 1. The molecule has 1 atom stereocenters. The Hall–Kier alpha value is -3.14. The van der Waals surface area contributed by atoms with Crippen molar-refractivity contribution in [2.24, 2.45) is 0 Å². The van der Waals surface area contributed by atoms with Gasteiger partial charge >= 0.3 is 11.9 Å². The number of carbonyl (C=O) groups is 4. The van der Waals surface area contributed by atoms with Crippen molar-refractivity contribution < 1.29 is 48.3 Å². The molecule has 0 saturated carbocycles. The zero-order chi connectivity index (χ0) is 40.3. The number of hydrogen-bond acceptors (Lipinski definition) is 11. The third kappa shape index (κ3) is 53.6. The molecule has 0 bridgehead atoms. The molecule has 0 heterocycles. The first-order valence-corrected chi connectivity index (χ1v) is 17.7. The summed E-state index contributed by atoms with van der Waals surface area (Å²) < 4.78 is 20.1. The lowest BCUT2D eigenvalue weighted by atomic mass is 10.3. The normalized spacial score (nSPS) is 10.3. The maximum atomic E-state index is 11.3. The van der Waals surface area contributed by atoms with E-state index in [0.29, 0.717) is 46.1 Å². The standard InChI is InChI=1S/C14H27NO4.C9H19NO3.C8H13NO3.C4H11N.C2H4.CH4/c1-4-8-15(3)11-13(16)12-18-9-6-7-10-19-14(17)5-2;1-4-5-10(2)9(11)8-13-7-6-12-3;1-3-6-9(2)7(10)4-5-8(11)12;1-3-4-5-2;1-2;/h5,13,16H,2,4,6-12H2,1,3H3;4-8H2,1-3H3;4-5H,3,6H2,1-2H3,(H,11,12);5H,3-4H2,1-2H3;1-2H2;1H4. The van der Waals surface area contributed by atoms with Crippen molar-refractivity contribution in [1.29, 1.82) is 0 Å². The van der Waals surface area contributed by atoms with Crippen molar-refractivity contribution in [2.75, 3.05) is 108 Å². The maximum absolute atomic E-state index is 11.3. The SMILES string of the molecule is C.C=C.C=CC(=O)OCCCCOCC(O)CN(C)CCC.CCCN(C)C(=O)C=CC(=O)O.CCCN(C)C(=O)COCCOC.CCCNC. The molecule has 310 valence electrons. The van der Waals surface area contributed by atoms with Gasteiger partial charge in [0.1, 0.15) is 6.61 Å². The molecule has 0 aliphatic heterocycles. The predicted molar refractivity (Wildman–Crippen MR) is 213 cm³/mol. The molecule has 0 aromatic heterocycles. The van der Waals surface area contributed by atoms with Gasteiger partial charge in [-0.2, -0.15) is 0 Å². The minimum Gasteiger partial charge on any atom is -0.478 e. The second-order valence-electron chi connectivity index (χ2n) is 11.0. The van der Waals surface area contributed by atoms with E-state index in [1.807, 2.05) is 27.9 Å². The highest BCUT2D eigenvalue weighted by Crippen LogP contribution is 1.96. The van der Waals surface area contributed by atoms with E-state index in [1.165, 1.54) is 11.3 Å². The average Bonchev–Trinajstić information content (AvgIpc) is 3.10. The van der Waals surface area contributed by atoms with Crippen LogP contribution in [0.3, 0.4) is 0 Å². The Labute approximate surface area is 317 Å². The molecule has 52 heavy (non-hydrogen) atoms. The lowest BCUT2D eigenvalue weighted by molar-refractivity contribution is -0.138. The topological polar surface area (TPSA) is 167 Å². The third-order valence-electron chi connectivity index (χ3n) is 5.98. The lowest BCUT2D eigenvalue weighted by Gasteiger charge is -2.19. The summed E-state index contributed by atoms with van der Waals surface area (Å²) in [5.74, 6) is -1.75. The van der Waals surface area contributed by atoms with Crippen LogP contribution < -0.4 is 5.32 Å². The molecule has 0 aromatic carbocycles. The van der Waals surface area contributed by atoms with Gasteiger partial charge in [-0.1, -0.05) is 41.7 Å². The number of carboxylic acid groups (broad SMARTS) is 1. The number of ether oxygens (including phenoxy) is 4. The van der Waals surface area contributed by atoms with Crippen LogP contribution in [0.1, 0.15) is 73.6 Å². The number of methoxy groups -OCH3 is 1. The zero-order valence-corrected chi connectivity index (χ0v) is 33.5. The number of carboxylic acids is 1. The number of hydrogen-bond donors (Lipinski definition) is 3. The maximum Gasteiger partial charge on any atom is 0.330 e. The number of amides is 2. The number of rotatable bonds is 25. The van der Waals surface area contributed by atoms with Crippen molar-refractivity contribution in [3.05, 3.63) is 38.0 Å². The van der Waals surface area contributed by atoms with Crippen LogP contribution in [0.15, 0.2) is 38.0 Å². The van der Waals surface area contributed by atoms with Crippen LogP contribution in [0.5, 0.6) is 0 Å². The molecule has 14 heteroatoms. The van der Waals surface area contributed by atoms with Crippen molar-refractivity contribution >= 4 is 23.8 Å². The van der Waals surface area contributed by atoms with E-state index in [1.54, 1.807) is 26.1 Å². The lowest BCUT2D eigenvalue weighted by Crippen LogP contribution is -2.32. The van der Waals surface area contributed by atoms with Gasteiger partial charge in [0.15, 0.2) is 0 Å². The molecular formula is C38H78N4O10. The number of unbranched alkanes of at least 4 members (excludes halogenated alkanes) is 1. The molecule has 0 aliphatic rings. The van der Waals surface area contributed by atoms with Gasteiger partial charge in [0.25, 0.3) is 0 Å². The molecule has 0 aromatic rings. The van der Waals surface area contributed by atoms with Gasteiger partial charge in [0, 0.05) is 65.7 Å². The summed E-state index contributed by atoms with van der Waals surface area (Å²) in [5, 5.41) is 20.9. The van der Waals surface area contributed by atoms with Crippen LogP contribution >= 0.6 is 0 Å². The van der Waals surface area contributed by atoms with Gasteiger partial charge in [-0.05, 0) is 65.7 Å². The van der Waals surface area contributed by atoms with Crippen molar-refractivity contribution in [3.63, 3.8) is 0 Å². The first-order valence-electron chi connectivity index (χ1n) is 17.7. The minimum absolute atomic E-state index is 0. The molecule has 14 nitrogen and oxygen atoms in total. The van der Waals surface area contributed by atoms with E-state index in [0.717, 1.165) is 70.0 Å². The highest BCUT2D eigenvalue weighted by molar-refractivity contribution is 5.93. The second kappa shape index (κ2) is 50.0. The first kappa shape index (κ1) is 60.9. The zero-order valence-electron chi connectivity index (χ0n) is 33.5. The van der Waals surface area contributed by atoms with E-state index >= 15 is 0 Å². The van der Waals surface area contributed by atoms with Crippen LogP contribution in [-0.2, 0) is 38.1 Å². The van der Waals surface area contributed by atoms with Crippen LogP contribution in [0.4, 0.5) is 0 Å². The fourth-order valence-corrected chi connectivity index (χ4v) is 3.48. The number of nitrogens with one attached hydrogen (secondary N) is 1. The summed E-state index contributed by atoms with van der Waals surface area (Å²) in [6.07, 6.45) is 8.31. The monoisotopic (exact) mass is 751 g/mol. The van der Waals surface area contributed by atoms with Gasteiger partial charge in [0.2, 0.25) is 11.8 Å². The third-order valence-corrected chi connectivity index (χ3v) is 5.98. The smallest absolute Gasteiger partial charge is 0.330 e. The summed E-state index contributed by atoms with van der Waals surface area (Å²) in [4.78, 5) is 48.3. The first-order chi connectivity index (χ1) is 24.3. The second-order valence-corrected chi connectivity index (χ2v) is 11.0. The Bertz CT molecular complexity index is 845. The number of likely N-dealkylation sites (N-methyl/N-ethyl adjacent to an activating group) is 3. The summed E-state index contributed by atoms with van der Waals surface area (Å²) in [6, 6.07) is 0. The Kier molecular flexibility index (Phi) is 58.5. The molecule has 0 rings (SSSR count). The highest BCUT2D eigenvalue weighted by Gasteiger charge is 2.08. The molecule has 0 radical (unpaired) electrons. The molecular weight excluding hydrogens is 672 g/mol. The quantitative estimate of drug-likeness (QED) is 0.0526. The fourth-order valence-electron chi connectivity index (χ4n) is 3.48. The molecule has 0 spiro atoms. The number of esters is 1. The number of carbonyl (C=O) groups excluding carboxylic acids is 3. The molecule has 0 fully saturated rings. The van der Waals surface area contributed by atoms with Crippen molar-refractivity contribution in [3.8, 4) is 0 Å². The summed E-state index contributed by atoms with van der Waals surface area (Å²) in [6.45, 7) is 24.2. The van der Waals surface area contributed by atoms with Gasteiger partial charge in [-0.15, -0.1) is 13.2 Å². The van der Waals surface area contributed by atoms with Crippen LogP contribution in [0, 0.1) is 0 Å². The number of nitrogens with zero attached hydrogens (tertiary/aromatic N) is 3. The van der Waals surface area contributed by atoms with Gasteiger partial charge < -0.3 is 49.2 Å². The fraction of sp³-hybridized carbons (Fsp3) is 0.737. The minimum atomic E-state index is -1.10. The summed E-state index contributed by atoms with van der Waals surface area (Å²) in [7, 11) is 8.97. The van der Waals surface area contributed by atoms with E-state index in [2.05, 4.69) is 43.8 Å². The predicted octanol–water partition coefficient (Wildman–Crippen LogP) is 4.28. The average molecular weight is 751 g/mol. The van der Waals surface area contributed by atoms with Gasteiger partial charge in [0.05, 0.1) is 32.5 Å². The summed E-state index contributed by atoms with van der Waals surface area (Å²) in [5.41, 5.74) is 0. The Morgan fingerprint density at radius 3 is 1.83 bits per heavy atom. The molecule has 3 N–H and O–H groups in total. The molecule has 0 aliphatic carbocycles. The van der Waals surface area contributed by atoms with E-state index < -0.39 is 18.0 Å². The number of aliphatic carboxylic acids is 1. The molecule has 0 saturated heterocycles. The van der Waals surface area contributed by atoms with Crippen LogP contribution in [-0.4, -0.2) is 162 Å². The van der Waals surface area contributed by atoms with Crippen LogP contribution in [0.2, 0.25) is 0 Å². The van der Waals surface area contributed by atoms with Gasteiger partial charge in [-0.25, -0.2) is 9.59 Å². The van der Waals surface area contributed by atoms with E-state index in [-0.39, 0.29) is 25.8 Å². The Morgan fingerprint density at radius 1 is 0.808 bits per heavy atom. The van der Waals surface area contributed by atoms with E-state index in [9.17, 15) is 24.3 Å². The molecule has 2 amide bonds. The largest absolute Gasteiger partial charge is 0.478 e. The van der Waals surface area contributed by atoms with Crippen LogP contribution in [0.25, 0.3) is 0 Å². The van der Waals surface area contributed by atoms with E-state index in [4.69, 9.17) is 24.1 Å². The van der Waals surface area contributed by atoms with Crippen molar-refractivity contribution in [2.45, 2.75) is 79.8 Å². The molecule has 1 unspecified atom stereocenters. The highest BCUT2D eigenvalue weighted by atomic mass is 16.5.